The van der Waals surface area contributed by atoms with Crippen LogP contribution in [0.3, 0.4) is 0 Å². The molecule has 1 aliphatic heterocycles. The third-order valence-electron chi connectivity index (χ3n) is 4.50. The summed E-state index contributed by atoms with van der Waals surface area (Å²) in [6.45, 7) is 1.29. The van der Waals surface area contributed by atoms with Crippen molar-refractivity contribution in [1.29, 1.82) is 5.26 Å². The first-order valence-corrected chi connectivity index (χ1v) is 8.72. The summed E-state index contributed by atoms with van der Waals surface area (Å²) in [6, 6.07) is 18.2. The summed E-state index contributed by atoms with van der Waals surface area (Å²) in [6.07, 6.45) is 2.99. The van der Waals surface area contributed by atoms with Crippen LogP contribution in [-0.2, 0) is 24.1 Å². The molecule has 1 amide bonds. The lowest BCUT2D eigenvalue weighted by Gasteiger charge is -2.11. The number of nitriles is 1. The van der Waals surface area contributed by atoms with Gasteiger partial charge in [-0.25, -0.2) is 0 Å². The first kappa shape index (κ1) is 17.0. The summed E-state index contributed by atoms with van der Waals surface area (Å²) in [5.41, 5.74) is 3.57. The van der Waals surface area contributed by atoms with E-state index >= 15 is 0 Å². The molecule has 1 heterocycles. The highest BCUT2D eigenvalue weighted by molar-refractivity contribution is 5.81. The number of rotatable bonds is 7. The molecule has 1 N–H and O–H groups in total. The third kappa shape index (κ3) is 4.60. The van der Waals surface area contributed by atoms with Crippen LogP contribution < -0.4 is 10.1 Å². The van der Waals surface area contributed by atoms with Gasteiger partial charge in [0.2, 0.25) is 5.91 Å². The van der Waals surface area contributed by atoms with Gasteiger partial charge < -0.3 is 10.1 Å². The molecule has 0 unspecified atom stereocenters. The molecule has 2 aromatic rings. The van der Waals surface area contributed by atoms with Crippen LogP contribution in [0.25, 0.3) is 0 Å². The average molecular weight is 334 g/mol. The predicted octanol–water partition coefficient (Wildman–Crippen LogP) is 3.05. The van der Waals surface area contributed by atoms with Gasteiger partial charge >= 0.3 is 0 Å². The van der Waals surface area contributed by atoms with E-state index in [1.54, 1.807) is 0 Å². The average Bonchev–Trinajstić information content (AvgIpc) is 3.11. The molecule has 0 aliphatic carbocycles. The number of nitrogens with one attached hydrogen (secondary N) is 1. The van der Waals surface area contributed by atoms with Crippen molar-refractivity contribution in [3.8, 4) is 11.8 Å². The van der Waals surface area contributed by atoms with Crippen molar-refractivity contribution in [3.63, 3.8) is 0 Å². The Morgan fingerprint density at radius 3 is 2.80 bits per heavy atom. The second-order valence-electron chi connectivity index (χ2n) is 6.29. The van der Waals surface area contributed by atoms with E-state index < -0.39 is 5.92 Å². The van der Waals surface area contributed by atoms with Gasteiger partial charge in [-0.3, -0.25) is 4.79 Å². The van der Waals surface area contributed by atoms with Crippen LogP contribution in [0, 0.1) is 17.2 Å². The summed E-state index contributed by atoms with van der Waals surface area (Å²) in [4.78, 5) is 12.2. The number of hydrogen-bond donors (Lipinski definition) is 1. The van der Waals surface area contributed by atoms with Gasteiger partial charge in [0.15, 0.2) is 0 Å². The summed E-state index contributed by atoms with van der Waals surface area (Å²) < 4.78 is 5.50. The zero-order valence-electron chi connectivity index (χ0n) is 14.2. The van der Waals surface area contributed by atoms with E-state index in [-0.39, 0.29) is 5.91 Å². The minimum atomic E-state index is -0.603. The molecule has 2 aromatic carbocycles. The van der Waals surface area contributed by atoms with E-state index in [0.29, 0.717) is 13.0 Å². The number of amides is 1. The molecule has 0 fully saturated rings. The molecular formula is C21H22N2O2. The topological polar surface area (TPSA) is 62.1 Å². The summed E-state index contributed by atoms with van der Waals surface area (Å²) >= 11 is 0. The van der Waals surface area contributed by atoms with Crippen molar-refractivity contribution in [2.24, 2.45) is 5.92 Å². The molecule has 0 aromatic heterocycles. The van der Waals surface area contributed by atoms with Crippen molar-refractivity contribution in [2.75, 3.05) is 13.2 Å². The van der Waals surface area contributed by atoms with Crippen LogP contribution in [0.1, 0.15) is 23.1 Å². The Kier molecular flexibility index (Phi) is 5.69. The number of nitrogens with zero attached hydrogens (tertiary/aromatic N) is 1. The molecule has 0 bridgehead atoms. The quantitative estimate of drug-likeness (QED) is 0.846. The van der Waals surface area contributed by atoms with E-state index in [9.17, 15) is 10.1 Å². The number of ether oxygens (including phenoxy) is 1. The van der Waals surface area contributed by atoms with E-state index in [1.165, 1.54) is 11.1 Å². The molecule has 1 atom stereocenters. The number of fused-ring (bicyclic) bond motifs is 1. The molecule has 4 heteroatoms. The van der Waals surface area contributed by atoms with E-state index in [2.05, 4.69) is 17.5 Å². The van der Waals surface area contributed by atoms with Gasteiger partial charge in [-0.05, 0) is 42.0 Å². The first-order chi connectivity index (χ1) is 12.3. The fraction of sp³-hybridized carbons (Fsp3) is 0.333. The minimum absolute atomic E-state index is 0.178. The predicted molar refractivity (Wildman–Crippen MR) is 96.2 cm³/mol. The molecular weight excluding hydrogens is 312 g/mol. The first-order valence-electron chi connectivity index (χ1n) is 8.72. The maximum absolute atomic E-state index is 12.2. The van der Waals surface area contributed by atoms with Crippen molar-refractivity contribution >= 4 is 5.91 Å². The standard InChI is InChI=1S/C21H22N2O2/c22-15-19(8-6-16-4-2-1-3-5-16)21(24)23-12-10-17-7-9-20-18(14-17)11-13-25-20/h1-5,7,9,14,19H,6,8,10-13H2,(H,23,24)/t19-/m0/s1. The molecule has 0 radical (unpaired) electrons. The van der Waals surface area contributed by atoms with Crippen LogP contribution in [0.5, 0.6) is 5.75 Å². The van der Waals surface area contributed by atoms with Crippen LogP contribution in [-0.4, -0.2) is 19.1 Å². The Labute approximate surface area is 148 Å². The van der Waals surface area contributed by atoms with Gasteiger partial charge in [0.05, 0.1) is 12.7 Å². The minimum Gasteiger partial charge on any atom is -0.493 e. The van der Waals surface area contributed by atoms with Crippen LogP contribution in [0.4, 0.5) is 0 Å². The zero-order chi connectivity index (χ0) is 17.5. The summed E-state index contributed by atoms with van der Waals surface area (Å²) in [5, 5.41) is 12.2. The number of carbonyl (C=O) groups is 1. The van der Waals surface area contributed by atoms with Gasteiger partial charge in [-0.1, -0.05) is 42.5 Å². The number of carbonyl (C=O) groups excluding carboxylic acids is 1. The number of benzene rings is 2. The smallest absolute Gasteiger partial charge is 0.237 e. The lowest BCUT2D eigenvalue weighted by Crippen LogP contribution is -2.31. The monoisotopic (exact) mass is 334 g/mol. The maximum Gasteiger partial charge on any atom is 0.237 e. The molecule has 128 valence electrons. The lowest BCUT2D eigenvalue weighted by molar-refractivity contribution is -0.123. The normalized spacial score (nSPS) is 13.4. The molecule has 0 spiro atoms. The Morgan fingerprint density at radius 1 is 1.16 bits per heavy atom. The van der Waals surface area contributed by atoms with Crippen LogP contribution >= 0.6 is 0 Å². The molecule has 0 saturated carbocycles. The van der Waals surface area contributed by atoms with Gasteiger partial charge in [0, 0.05) is 13.0 Å². The second kappa shape index (κ2) is 8.34. The van der Waals surface area contributed by atoms with E-state index in [0.717, 1.165) is 37.2 Å². The van der Waals surface area contributed by atoms with Crippen LogP contribution in [0.2, 0.25) is 0 Å². The van der Waals surface area contributed by atoms with Crippen molar-refractivity contribution in [2.45, 2.75) is 25.7 Å². The third-order valence-corrected chi connectivity index (χ3v) is 4.50. The SMILES string of the molecule is N#C[C@H](CCc1ccccc1)C(=O)NCCc1ccc2c(c1)CCO2. The van der Waals surface area contributed by atoms with E-state index in [1.807, 2.05) is 42.5 Å². The number of aryl methyl sites for hydroxylation is 1. The summed E-state index contributed by atoms with van der Waals surface area (Å²) in [5.74, 6) is 0.190. The molecule has 4 nitrogen and oxygen atoms in total. The zero-order valence-corrected chi connectivity index (χ0v) is 14.2. The highest BCUT2D eigenvalue weighted by Gasteiger charge is 2.17. The second-order valence-corrected chi connectivity index (χ2v) is 6.29. The fourth-order valence-electron chi connectivity index (χ4n) is 3.06. The highest BCUT2D eigenvalue weighted by Crippen LogP contribution is 2.25. The largest absolute Gasteiger partial charge is 0.493 e. The van der Waals surface area contributed by atoms with Crippen molar-refractivity contribution in [3.05, 3.63) is 65.2 Å². The molecule has 25 heavy (non-hydrogen) atoms. The molecule has 1 aliphatic rings. The lowest BCUT2D eigenvalue weighted by atomic mass is 10.00. The molecule has 0 saturated heterocycles. The van der Waals surface area contributed by atoms with Gasteiger partial charge in [-0.2, -0.15) is 5.26 Å². The van der Waals surface area contributed by atoms with Crippen molar-refractivity contribution in [1.82, 2.24) is 5.32 Å². The Balaban J connectivity index is 1.45. The fourth-order valence-corrected chi connectivity index (χ4v) is 3.06. The summed E-state index contributed by atoms with van der Waals surface area (Å²) in [7, 11) is 0. The van der Waals surface area contributed by atoms with Crippen molar-refractivity contribution < 1.29 is 9.53 Å². The van der Waals surface area contributed by atoms with Gasteiger partial charge in [0.1, 0.15) is 11.7 Å². The van der Waals surface area contributed by atoms with Gasteiger partial charge in [0.25, 0.3) is 0 Å². The Bertz CT molecular complexity index is 765. The number of hydrogen-bond acceptors (Lipinski definition) is 3. The van der Waals surface area contributed by atoms with E-state index in [4.69, 9.17) is 4.74 Å². The van der Waals surface area contributed by atoms with Gasteiger partial charge in [-0.15, -0.1) is 0 Å². The Hall–Kier alpha value is -2.80. The maximum atomic E-state index is 12.2. The Morgan fingerprint density at radius 2 is 2.00 bits per heavy atom. The highest BCUT2D eigenvalue weighted by atomic mass is 16.5. The molecule has 3 rings (SSSR count). The van der Waals surface area contributed by atoms with Crippen LogP contribution in [0.15, 0.2) is 48.5 Å².